The minimum atomic E-state index is -2.09. The van der Waals surface area contributed by atoms with E-state index in [2.05, 4.69) is 0 Å². The first kappa shape index (κ1) is 30.4. The predicted octanol–water partition coefficient (Wildman–Crippen LogP) is 5.21. The molecule has 9 heteroatoms. The topological polar surface area (TPSA) is 116 Å². The second kappa shape index (κ2) is 11.0. The first-order valence-electron chi connectivity index (χ1n) is 14.7. The molecule has 0 aromatic rings. The number of carbonyl (C=O) groups excluding carboxylic acids is 4. The van der Waals surface area contributed by atoms with Gasteiger partial charge in [0, 0.05) is 29.1 Å². The summed E-state index contributed by atoms with van der Waals surface area (Å²) in [5, 5.41) is 11.6. The van der Waals surface area contributed by atoms with Gasteiger partial charge in [0.1, 0.15) is 0 Å². The molecule has 0 aromatic heterocycles. The summed E-state index contributed by atoms with van der Waals surface area (Å²) >= 11 is 0. The lowest BCUT2D eigenvalue weighted by Crippen LogP contribution is -2.70. The van der Waals surface area contributed by atoms with Gasteiger partial charge in [0.25, 0.3) is 0 Å². The lowest BCUT2D eigenvalue weighted by molar-refractivity contribution is -0.222. The Labute approximate surface area is 235 Å². The predicted molar refractivity (Wildman–Crippen MR) is 144 cm³/mol. The molecule has 40 heavy (non-hydrogen) atoms. The SMILES string of the molecule is CCCCC(=O)OCC(=O)[C@@]1(OC(=O)OCCC)[C@H](C)C[C@H]2[C@@H]3CCC4=CC(=O)C=C[C@]4(C)[C@@]3(F)[C@@H](O)C[C@@]21C. The van der Waals surface area contributed by atoms with Gasteiger partial charge in [-0.3, -0.25) is 14.4 Å². The van der Waals surface area contributed by atoms with Gasteiger partial charge in [-0.25, -0.2) is 9.18 Å². The van der Waals surface area contributed by atoms with Gasteiger partial charge < -0.3 is 19.3 Å². The minimum Gasteiger partial charge on any atom is -0.457 e. The highest BCUT2D eigenvalue weighted by molar-refractivity contribution is 6.01. The number of alkyl halides is 1. The molecule has 0 bridgehead atoms. The normalized spacial score (nSPS) is 39.9. The van der Waals surface area contributed by atoms with E-state index in [0.29, 0.717) is 37.7 Å². The molecule has 0 aliphatic heterocycles. The summed E-state index contributed by atoms with van der Waals surface area (Å²) in [6.45, 7) is 8.57. The second-order valence-corrected chi connectivity index (χ2v) is 12.5. The molecule has 4 rings (SSSR count). The van der Waals surface area contributed by atoms with E-state index in [0.717, 1.165) is 6.42 Å². The molecular formula is C31H43FO8. The van der Waals surface area contributed by atoms with Gasteiger partial charge in [-0.15, -0.1) is 0 Å². The van der Waals surface area contributed by atoms with Gasteiger partial charge in [0.05, 0.1) is 12.7 Å². The monoisotopic (exact) mass is 562 g/mol. The maximum Gasteiger partial charge on any atom is 0.509 e. The maximum absolute atomic E-state index is 17.5. The van der Waals surface area contributed by atoms with Crippen molar-refractivity contribution >= 4 is 23.7 Å². The van der Waals surface area contributed by atoms with Crippen molar-refractivity contribution in [2.45, 2.75) is 103 Å². The lowest BCUT2D eigenvalue weighted by atomic mass is 9.44. The summed E-state index contributed by atoms with van der Waals surface area (Å²) in [6.07, 6.45) is 5.09. The molecule has 0 spiro atoms. The van der Waals surface area contributed by atoms with E-state index in [1.165, 1.54) is 12.2 Å². The van der Waals surface area contributed by atoms with Crippen LogP contribution in [0.15, 0.2) is 23.8 Å². The largest absolute Gasteiger partial charge is 0.509 e. The van der Waals surface area contributed by atoms with Crippen LogP contribution in [0.4, 0.5) is 9.18 Å². The Hall–Kier alpha value is -2.55. The number of aliphatic hydroxyl groups excluding tert-OH is 1. The number of hydrogen-bond acceptors (Lipinski definition) is 8. The zero-order valence-corrected chi connectivity index (χ0v) is 24.3. The highest BCUT2D eigenvalue weighted by Crippen LogP contribution is 2.71. The van der Waals surface area contributed by atoms with Crippen molar-refractivity contribution in [2.24, 2.45) is 28.6 Å². The molecule has 0 aromatic carbocycles. The first-order chi connectivity index (χ1) is 18.8. The molecule has 0 heterocycles. The van der Waals surface area contributed by atoms with Crippen molar-refractivity contribution in [3.8, 4) is 0 Å². The smallest absolute Gasteiger partial charge is 0.457 e. The third-order valence-electron chi connectivity index (χ3n) is 10.4. The molecular weight excluding hydrogens is 519 g/mol. The Morgan fingerprint density at radius 1 is 1.12 bits per heavy atom. The number of unbranched alkanes of at least 4 members (excludes halogenated alkanes) is 1. The molecule has 222 valence electrons. The number of hydrogen-bond donors (Lipinski definition) is 1. The highest BCUT2D eigenvalue weighted by atomic mass is 19.1. The van der Waals surface area contributed by atoms with Crippen molar-refractivity contribution in [3.05, 3.63) is 23.8 Å². The quantitative estimate of drug-likeness (QED) is 0.381. The Bertz CT molecular complexity index is 1110. The van der Waals surface area contributed by atoms with Crippen LogP contribution >= 0.6 is 0 Å². The molecule has 3 saturated carbocycles. The van der Waals surface area contributed by atoms with Crippen molar-refractivity contribution < 1.29 is 42.9 Å². The van der Waals surface area contributed by atoms with Crippen LogP contribution in [0.5, 0.6) is 0 Å². The molecule has 4 aliphatic rings. The Kier molecular flexibility index (Phi) is 8.38. The summed E-state index contributed by atoms with van der Waals surface area (Å²) < 4.78 is 34.0. The number of rotatable bonds is 9. The molecule has 0 radical (unpaired) electrons. The van der Waals surface area contributed by atoms with Crippen LogP contribution in [0.3, 0.4) is 0 Å². The van der Waals surface area contributed by atoms with Gasteiger partial charge in [-0.1, -0.05) is 45.8 Å². The lowest BCUT2D eigenvalue weighted by Gasteiger charge is -2.62. The van der Waals surface area contributed by atoms with Crippen molar-refractivity contribution in [1.29, 1.82) is 0 Å². The minimum absolute atomic E-state index is 0.0982. The fourth-order valence-electron chi connectivity index (χ4n) is 8.39. The number of ketones is 2. The van der Waals surface area contributed by atoms with E-state index in [1.807, 2.05) is 13.8 Å². The van der Waals surface area contributed by atoms with Crippen LogP contribution in [-0.4, -0.2) is 59.4 Å². The summed E-state index contributed by atoms with van der Waals surface area (Å²) in [7, 11) is 0. The standard InChI is InChI=1S/C31H43FO8/c1-6-8-9-26(36)39-18-25(35)31(40-27(37)38-14-7-2)19(3)15-23-22-11-10-20-16-21(33)12-13-28(20,4)30(22,32)24(34)17-29(23,31)5/h12-13,16,19,22-24,34H,6-11,14-15,17-18H2,1-5H3/t19-,22+,23+,24+,28+,29+,30+,31+/m1/s1. The summed E-state index contributed by atoms with van der Waals surface area (Å²) in [4.78, 5) is 51.4. The van der Waals surface area contributed by atoms with E-state index in [-0.39, 0.29) is 25.2 Å². The summed E-state index contributed by atoms with van der Waals surface area (Å²) in [5.74, 6) is -2.96. The number of allylic oxidation sites excluding steroid dienone is 4. The van der Waals surface area contributed by atoms with E-state index in [9.17, 15) is 24.3 Å². The van der Waals surface area contributed by atoms with Gasteiger partial charge in [-0.05, 0) is 63.5 Å². The molecule has 1 N–H and O–H groups in total. The molecule has 4 aliphatic carbocycles. The van der Waals surface area contributed by atoms with Crippen molar-refractivity contribution in [1.82, 2.24) is 0 Å². The molecule has 8 nitrogen and oxygen atoms in total. The van der Waals surface area contributed by atoms with E-state index in [4.69, 9.17) is 14.2 Å². The zero-order valence-electron chi connectivity index (χ0n) is 24.3. The maximum atomic E-state index is 17.5. The van der Waals surface area contributed by atoms with Crippen LogP contribution in [0.2, 0.25) is 0 Å². The average molecular weight is 563 g/mol. The Morgan fingerprint density at radius 2 is 1.85 bits per heavy atom. The van der Waals surface area contributed by atoms with Gasteiger partial charge in [0.2, 0.25) is 5.78 Å². The van der Waals surface area contributed by atoms with Gasteiger partial charge >= 0.3 is 12.1 Å². The third-order valence-corrected chi connectivity index (χ3v) is 10.4. The average Bonchev–Trinajstić information content (AvgIpc) is 3.12. The van der Waals surface area contributed by atoms with Crippen molar-refractivity contribution in [2.75, 3.05) is 13.2 Å². The third kappa shape index (κ3) is 4.43. The number of carbonyl (C=O) groups is 4. The van der Waals surface area contributed by atoms with Crippen LogP contribution in [0, 0.1) is 28.6 Å². The Morgan fingerprint density at radius 3 is 2.52 bits per heavy atom. The fraction of sp³-hybridized carbons (Fsp3) is 0.742. The number of halogens is 1. The molecule has 3 fully saturated rings. The second-order valence-electron chi connectivity index (χ2n) is 12.5. The van der Waals surface area contributed by atoms with Crippen LogP contribution in [-0.2, 0) is 28.6 Å². The number of esters is 1. The molecule has 0 unspecified atom stereocenters. The number of Topliss-reactive ketones (excluding diaryl/α,β-unsaturated/α-hetero) is 1. The number of ether oxygens (including phenoxy) is 3. The van der Waals surface area contributed by atoms with Gasteiger partial charge in [0.15, 0.2) is 23.7 Å². The first-order valence-corrected chi connectivity index (χ1v) is 14.7. The zero-order chi connectivity index (χ0) is 29.5. The van der Waals surface area contributed by atoms with E-state index >= 15 is 4.39 Å². The van der Waals surface area contributed by atoms with Crippen LogP contribution < -0.4 is 0 Å². The van der Waals surface area contributed by atoms with Gasteiger partial charge in [-0.2, -0.15) is 0 Å². The highest BCUT2D eigenvalue weighted by Gasteiger charge is 2.77. The summed E-state index contributed by atoms with van der Waals surface area (Å²) in [5.41, 5.74) is -5.56. The molecule has 0 amide bonds. The number of fused-ring (bicyclic) bond motifs is 5. The van der Waals surface area contributed by atoms with E-state index < -0.39 is 70.5 Å². The summed E-state index contributed by atoms with van der Waals surface area (Å²) in [6, 6.07) is 0. The van der Waals surface area contributed by atoms with Crippen LogP contribution in [0.1, 0.15) is 86.0 Å². The molecule has 0 saturated heterocycles. The molecule has 8 atom stereocenters. The fourth-order valence-corrected chi connectivity index (χ4v) is 8.39. The van der Waals surface area contributed by atoms with Crippen LogP contribution in [0.25, 0.3) is 0 Å². The number of aliphatic hydroxyl groups is 1. The Balaban J connectivity index is 1.74. The van der Waals surface area contributed by atoms with E-state index in [1.54, 1.807) is 26.8 Å². The van der Waals surface area contributed by atoms with Crippen molar-refractivity contribution in [3.63, 3.8) is 0 Å².